The lowest BCUT2D eigenvalue weighted by molar-refractivity contribution is -0.111. The van der Waals surface area contributed by atoms with E-state index in [1.165, 1.54) is 0 Å². The van der Waals surface area contributed by atoms with Crippen LogP contribution in [-0.4, -0.2) is 26.7 Å². The summed E-state index contributed by atoms with van der Waals surface area (Å²) in [4.78, 5) is 12.7. The minimum absolute atomic E-state index is 0.250. The van der Waals surface area contributed by atoms with Crippen molar-refractivity contribution in [2.45, 2.75) is 13.8 Å². The van der Waals surface area contributed by atoms with Gasteiger partial charge in [-0.3, -0.25) is 4.79 Å². The number of carbonyl (C=O) groups is 1. The quantitative estimate of drug-likeness (QED) is 0.264. The van der Waals surface area contributed by atoms with Gasteiger partial charge in [-0.15, -0.1) is 0 Å². The number of allylic oxidation sites excluding steroid dienone is 1. The zero-order valence-corrected chi connectivity index (χ0v) is 20.7. The Kier molecular flexibility index (Phi) is 7.32. The average molecular weight is 492 g/mol. The SMILES string of the molecule is CCOc1cc2occ(-c3ccc(OC)c(OC)c3)c2cc1/C(C)=C/C(=O)Nc1ccc(Cl)cc1. The molecule has 0 aliphatic heterocycles. The molecular weight excluding hydrogens is 466 g/mol. The van der Waals surface area contributed by atoms with E-state index in [0.29, 0.717) is 40.1 Å². The molecule has 0 bridgehead atoms. The van der Waals surface area contributed by atoms with Crippen LogP contribution >= 0.6 is 11.6 Å². The van der Waals surface area contributed by atoms with E-state index in [-0.39, 0.29) is 5.91 Å². The highest BCUT2D eigenvalue weighted by Gasteiger charge is 2.16. The van der Waals surface area contributed by atoms with Crippen molar-refractivity contribution in [2.24, 2.45) is 0 Å². The number of hydrogen-bond donors (Lipinski definition) is 1. The minimum atomic E-state index is -0.250. The number of furan rings is 1. The number of hydrogen-bond acceptors (Lipinski definition) is 5. The topological polar surface area (TPSA) is 69.9 Å². The van der Waals surface area contributed by atoms with Crippen molar-refractivity contribution in [3.05, 3.63) is 77.5 Å². The van der Waals surface area contributed by atoms with E-state index in [1.807, 2.05) is 44.2 Å². The van der Waals surface area contributed by atoms with Crippen LogP contribution in [0.1, 0.15) is 19.4 Å². The molecule has 3 aromatic carbocycles. The molecule has 0 aliphatic carbocycles. The van der Waals surface area contributed by atoms with E-state index < -0.39 is 0 Å². The molecule has 7 heteroatoms. The second kappa shape index (κ2) is 10.6. The number of amides is 1. The summed E-state index contributed by atoms with van der Waals surface area (Å²) in [5.41, 5.74) is 4.70. The fourth-order valence-electron chi connectivity index (χ4n) is 3.85. The number of halogens is 1. The second-order valence-electron chi connectivity index (χ2n) is 7.82. The standard InChI is InChI=1S/C28H26ClNO5/c1-5-34-25-15-26-22(23(16-35-26)18-6-11-24(32-3)27(13-18)33-4)14-21(25)17(2)12-28(31)30-20-9-7-19(29)8-10-20/h6-16H,5H2,1-4H3,(H,30,31)/b17-12+. The van der Waals surface area contributed by atoms with Crippen LogP contribution in [0.3, 0.4) is 0 Å². The van der Waals surface area contributed by atoms with Gasteiger partial charge in [-0.05, 0) is 67.4 Å². The number of nitrogens with one attached hydrogen (secondary N) is 1. The van der Waals surface area contributed by atoms with Gasteiger partial charge in [0.25, 0.3) is 0 Å². The van der Waals surface area contributed by atoms with Gasteiger partial charge in [0.05, 0.1) is 27.1 Å². The monoisotopic (exact) mass is 491 g/mol. The van der Waals surface area contributed by atoms with Crippen molar-refractivity contribution in [3.8, 4) is 28.4 Å². The van der Waals surface area contributed by atoms with Gasteiger partial charge < -0.3 is 23.9 Å². The first-order chi connectivity index (χ1) is 16.9. The summed E-state index contributed by atoms with van der Waals surface area (Å²) in [5, 5.41) is 4.35. The highest BCUT2D eigenvalue weighted by Crippen LogP contribution is 2.40. The zero-order valence-electron chi connectivity index (χ0n) is 20.0. The Labute approximate surface area is 209 Å². The molecule has 0 unspecified atom stereocenters. The molecule has 0 saturated carbocycles. The van der Waals surface area contributed by atoms with Gasteiger partial charge in [-0.25, -0.2) is 0 Å². The second-order valence-corrected chi connectivity index (χ2v) is 8.26. The lowest BCUT2D eigenvalue weighted by Crippen LogP contribution is -2.08. The first kappa shape index (κ1) is 24.2. The molecule has 1 heterocycles. The molecular formula is C28H26ClNO5. The largest absolute Gasteiger partial charge is 0.493 e. The third-order valence-electron chi connectivity index (χ3n) is 5.55. The molecule has 0 aliphatic rings. The van der Waals surface area contributed by atoms with Crippen LogP contribution in [0.15, 0.2) is 71.4 Å². The van der Waals surface area contributed by atoms with Gasteiger partial charge in [-0.2, -0.15) is 0 Å². The highest BCUT2D eigenvalue weighted by molar-refractivity contribution is 6.30. The van der Waals surface area contributed by atoms with Crippen molar-refractivity contribution in [1.29, 1.82) is 0 Å². The van der Waals surface area contributed by atoms with Gasteiger partial charge in [0.1, 0.15) is 11.3 Å². The molecule has 0 fully saturated rings. The Hall–Kier alpha value is -3.90. The fourth-order valence-corrected chi connectivity index (χ4v) is 3.98. The van der Waals surface area contributed by atoms with Crippen molar-refractivity contribution in [2.75, 3.05) is 26.1 Å². The molecule has 4 aromatic rings. The molecule has 0 saturated heterocycles. The van der Waals surface area contributed by atoms with E-state index in [2.05, 4.69) is 5.32 Å². The Morgan fingerprint density at radius 1 is 1.00 bits per heavy atom. The van der Waals surface area contributed by atoms with Gasteiger partial charge in [0.2, 0.25) is 5.91 Å². The van der Waals surface area contributed by atoms with Crippen molar-refractivity contribution in [1.82, 2.24) is 0 Å². The van der Waals surface area contributed by atoms with Crippen molar-refractivity contribution >= 4 is 39.7 Å². The van der Waals surface area contributed by atoms with Crippen LogP contribution in [0.5, 0.6) is 17.2 Å². The molecule has 0 spiro atoms. The number of rotatable bonds is 8. The molecule has 4 rings (SSSR count). The van der Waals surface area contributed by atoms with E-state index in [4.69, 9.17) is 30.2 Å². The van der Waals surface area contributed by atoms with Gasteiger partial charge in [-0.1, -0.05) is 17.7 Å². The maximum absolute atomic E-state index is 12.7. The summed E-state index contributed by atoms with van der Waals surface area (Å²) in [6.45, 7) is 4.27. The zero-order chi connectivity index (χ0) is 24.9. The molecule has 0 atom stereocenters. The molecule has 0 radical (unpaired) electrons. The Morgan fingerprint density at radius 3 is 2.43 bits per heavy atom. The number of ether oxygens (including phenoxy) is 3. The molecule has 1 aromatic heterocycles. The van der Waals surface area contributed by atoms with Gasteiger partial charge in [0.15, 0.2) is 11.5 Å². The fraction of sp³-hybridized carbons (Fsp3) is 0.179. The molecule has 6 nitrogen and oxygen atoms in total. The maximum atomic E-state index is 12.7. The van der Waals surface area contributed by atoms with Gasteiger partial charge in [0, 0.05) is 39.4 Å². The normalized spacial score (nSPS) is 11.4. The van der Waals surface area contributed by atoms with E-state index in [0.717, 1.165) is 27.6 Å². The van der Waals surface area contributed by atoms with E-state index in [9.17, 15) is 4.79 Å². The predicted molar refractivity (Wildman–Crippen MR) is 140 cm³/mol. The summed E-state index contributed by atoms with van der Waals surface area (Å²) < 4.78 is 22.6. The minimum Gasteiger partial charge on any atom is -0.493 e. The summed E-state index contributed by atoms with van der Waals surface area (Å²) in [7, 11) is 3.20. The van der Waals surface area contributed by atoms with Crippen molar-refractivity contribution < 1.29 is 23.4 Å². The third kappa shape index (κ3) is 5.28. The van der Waals surface area contributed by atoms with E-state index >= 15 is 0 Å². The molecule has 1 amide bonds. The lowest BCUT2D eigenvalue weighted by atomic mass is 9.99. The lowest BCUT2D eigenvalue weighted by Gasteiger charge is -2.12. The maximum Gasteiger partial charge on any atom is 0.248 e. The van der Waals surface area contributed by atoms with Crippen LogP contribution in [0, 0.1) is 0 Å². The summed E-state index contributed by atoms with van der Waals surface area (Å²) in [6, 6.07) is 16.5. The van der Waals surface area contributed by atoms with Crippen LogP contribution in [0.2, 0.25) is 5.02 Å². The Morgan fingerprint density at radius 2 is 1.74 bits per heavy atom. The molecule has 35 heavy (non-hydrogen) atoms. The Balaban J connectivity index is 1.73. The number of fused-ring (bicyclic) bond motifs is 1. The first-order valence-corrected chi connectivity index (χ1v) is 11.5. The number of anilines is 1. The number of carbonyl (C=O) groups excluding carboxylic acids is 1. The van der Waals surface area contributed by atoms with Crippen LogP contribution in [0.25, 0.3) is 27.7 Å². The molecule has 180 valence electrons. The van der Waals surface area contributed by atoms with E-state index in [1.54, 1.807) is 50.8 Å². The average Bonchev–Trinajstić information content (AvgIpc) is 3.27. The van der Waals surface area contributed by atoms with Crippen molar-refractivity contribution in [3.63, 3.8) is 0 Å². The highest BCUT2D eigenvalue weighted by atomic mass is 35.5. The van der Waals surface area contributed by atoms with Crippen LogP contribution in [0.4, 0.5) is 5.69 Å². The first-order valence-electron chi connectivity index (χ1n) is 11.1. The third-order valence-corrected chi connectivity index (χ3v) is 5.81. The summed E-state index contributed by atoms with van der Waals surface area (Å²) in [6.07, 6.45) is 3.26. The van der Waals surface area contributed by atoms with Gasteiger partial charge >= 0.3 is 0 Å². The summed E-state index contributed by atoms with van der Waals surface area (Å²) >= 11 is 5.93. The van der Waals surface area contributed by atoms with Crippen LogP contribution in [-0.2, 0) is 4.79 Å². The summed E-state index contributed by atoms with van der Waals surface area (Å²) in [5.74, 6) is 1.66. The molecule has 1 N–H and O–H groups in total. The predicted octanol–water partition coefficient (Wildman–Crippen LogP) is 7.21. The smallest absolute Gasteiger partial charge is 0.248 e. The van der Waals surface area contributed by atoms with Crippen LogP contribution < -0.4 is 19.5 Å². The number of methoxy groups -OCH3 is 2. The Bertz CT molecular complexity index is 1390. The number of benzene rings is 3.